The molecule has 3 rings (SSSR count). The van der Waals surface area contributed by atoms with Crippen LogP contribution in [0.5, 0.6) is 0 Å². The summed E-state index contributed by atoms with van der Waals surface area (Å²) in [5, 5.41) is 14.5. The maximum atomic E-state index is 12.4. The van der Waals surface area contributed by atoms with Crippen LogP contribution in [0, 0.1) is 11.4 Å². The lowest BCUT2D eigenvalue weighted by molar-refractivity contribution is -0.120. The Balaban J connectivity index is 1.83. The molecule has 0 spiro atoms. The van der Waals surface area contributed by atoms with Crippen molar-refractivity contribution in [1.29, 1.82) is 5.53 Å². The van der Waals surface area contributed by atoms with E-state index >= 15 is 0 Å². The number of amides is 1. The molecule has 0 bridgehead atoms. The Morgan fingerprint density at radius 1 is 1.32 bits per heavy atom. The third kappa shape index (κ3) is 4.00. The van der Waals surface area contributed by atoms with Crippen LogP contribution >= 0.6 is 0 Å². The van der Waals surface area contributed by atoms with Crippen LogP contribution in [0.2, 0.25) is 0 Å². The highest BCUT2D eigenvalue weighted by Crippen LogP contribution is 2.24. The molecule has 0 radical (unpaired) electrons. The first kappa shape index (κ1) is 17.0. The second kappa shape index (κ2) is 7.85. The van der Waals surface area contributed by atoms with Gasteiger partial charge < -0.3 is 16.0 Å². The Morgan fingerprint density at radius 2 is 2.12 bits per heavy atom. The van der Waals surface area contributed by atoms with Gasteiger partial charge in [0.2, 0.25) is 5.91 Å². The van der Waals surface area contributed by atoms with Gasteiger partial charge in [-0.15, -0.1) is 0 Å². The van der Waals surface area contributed by atoms with E-state index < -0.39 is 0 Å². The maximum absolute atomic E-state index is 12.4. The van der Waals surface area contributed by atoms with Gasteiger partial charge in [0.15, 0.2) is 0 Å². The molecule has 1 aliphatic rings. The quantitative estimate of drug-likeness (QED) is 0.629. The number of aromatic nitrogens is 1. The number of anilines is 1. The van der Waals surface area contributed by atoms with Crippen molar-refractivity contribution in [2.75, 3.05) is 25.5 Å². The van der Waals surface area contributed by atoms with E-state index in [-0.39, 0.29) is 11.8 Å². The van der Waals surface area contributed by atoms with Gasteiger partial charge in [-0.1, -0.05) is 12.1 Å². The molecule has 1 aromatic carbocycles. The van der Waals surface area contributed by atoms with Gasteiger partial charge in [0, 0.05) is 36.3 Å². The number of nitrogens with zero attached hydrogens (tertiary/aromatic N) is 2. The van der Waals surface area contributed by atoms with Crippen molar-refractivity contribution >= 4 is 28.2 Å². The fourth-order valence-corrected chi connectivity index (χ4v) is 3.00. The lowest BCUT2D eigenvalue weighted by Crippen LogP contribution is -2.34. The van der Waals surface area contributed by atoms with Crippen LogP contribution in [0.3, 0.4) is 0 Å². The molecule has 1 amide bonds. The van der Waals surface area contributed by atoms with E-state index in [1.54, 1.807) is 19.4 Å². The number of rotatable bonds is 5. The van der Waals surface area contributed by atoms with Crippen molar-refractivity contribution in [2.24, 2.45) is 11.0 Å². The molecule has 0 aliphatic carbocycles. The minimum absolute atomic E-state index is 0.0291. The average Bonchev–Trinajstić information content (AvgIpc) is 2.66. The van der Waals surface area contributed by atoms with Gasteiger partial charge in [0.1, 0.15) is 11.5 Å². The van der Waals surface area contributed by atoms with Gasteiger partial charge in [-0.05, 0) is 43.5 Å². The number of pyridine rings is 1. The highest BCUT2D eigenvalue weighted by atomic mass is 16.1. The highest BCUT2D eigenvalue weighted by molar-refractivity contribution is 5.94. The lowest BCUT2D eigenvalue weighted by atomic mass is 9.97. The number of hydrogen-bond acceptors (Lipinski definition) is 6. The fraction of sp³-hybridized carbons (Fsp3) is 0.333. The third-order valence-electron chi connectivity index (χ3n) is 4.38. The van der Waals surface area contributed by atoms with Crippen molar-refractivity contribution in [3.05, 3.63) is 42.2 Å². The SMILES string of the molecule is CN/C=C(\N=N)c1ccc2cnc(NC(=O)C3CCNCC3)cc2c1. The normalized spacial score (nSPS) is 15.8. The second-order valence-corrected chi connectivity index (χ2v) is 6.08. The van der Waals surface area contributed by atoms with Gasteiger partial charge >= 0.3 is 0 Å². The van der Waals surface area contributed by atoms with Crippen LogP contribution in [0.25, 0.3) is 16.5 Å². The molecule has 0 atom stereocenters. The molecular formula is C18H22N6O. The molecule has 2 heterocycles. The summed E-state index contributed by atoms with van der Waals surface area (Å²) in [6.07, 6.45) is 5.13. The van der Waals surface area contributed by atoms with E-state index in [2.05, 4.69) is 26.0 Å². The molecule has 1 aromatic heterocycles. The standard InChI is InChI=1S/C18H22N6O/c1-20-11-16(24-19)13-2-3-14-10-22-17(9-15(14)8-13)23-18(25)12-4-6-21-7-5-12/h2-3,8-12,19-21H,4-7H2,1H3,(H,22,23,25)/b16-11-,24-19?. The summed E-state index contributed by atoms with van der Waals surface area (Å²) >= 11 is 0. The zero-order chi connectivity index (χ0) is 17.6. The maximum Gasteiger partial charge on any atom is 0.228 e. The van der Waals surface area contributed by atoms with Gasteiger partial charge in [0.05, 0.1) is 0 Å². The number of carbonyl (C=O) groups is 1. The number of piperidine rings is 1. The predicted octanol–water partition coefficient (Wildman–Crippen LogP) is 2.72. The van der Waals surface area contributed by atoms with Crippen molar-refractivity contribution < 1.29 is 4.79 Å². The summed E-state index contributed by atoms with van der Waals surface area (Å²) < 4.78 is 0. The second-order valence-electron chi connectivity index (χ2n) is 6.08. The van der Waals surface area contributed by atoms with Crippen molar-refractivity contribution in [3.8, 4) is 0 Å². The van der Waals surface area contributed by atoms with Crippen molar-refractivity contribution in [3.63, 3.8) is 0 Å². The fourth-order valence-electron chi connectivity index (χ4n) is 3.00. The number of hydrogen-bond donors (Lipinski definition) is 4. The van der Waals surface area contributed by atoms with Crippen LogP contribution in [-0.4, -0.2) is 31.0 Å². The molecular weight excluding hydrogens is 316 g/mol. The zero-order valence-corrected chi connectivity index (χ0v) is 14.2. The van der Waals surface area contributed by atoms with E-state index in [1.165, 1.54) is 0 Å². The molecule has 1 saturated heterocycles. The van der Waals surface area contributed by atoms with Crippen LogP contribution < -0.4 is 16.0 Å². The molecule has 1 aliphatic heterocycles. The number of fused-ring (bicyclic) bond motifs is 1. The largest absolute Gasteiger partial charge is 0.392 e. The van der Waals surface area contributed by atoms with Gasteiger partial charge in [-0.2, -0.15) is 5.11 Å². The first-order valence-corrected chi connectivity index (χ1v) is 8.38. The minimum Gasteiger partial charge on any atom is -0.392 e. The molecule has 7 nitrogen and oxygen atoms in total. The van der Waals surface area contributed by atoms with Crippen molar-refractivity contribution in [1.82, 2.24) is 15.6 Å². The molecule has 2 aromatic rings. The lowest BCUT2D eigenvalue weighted by Gasteiger charge is -2.21. The topological polar surface area (TPSA) is 102 Å². The number of nitrogens with one attached hydrogen (secondary N) is 4. The summed E-state index contributed by atoms with van der Waals surface area (Å²) in [5.41, 5.74) is 8.67. The Hall–Kier alpha value is -2.80. The summed E-state index contributed by atoms with van der Waals surface area (Å²) in [6, 6.07) is 7.64. The number of benzene rings is 1. The summed E-state index contributed by atoms with van der Waals surface area (Å²) in [4.78, 5) is 16.7. The Kier molecular flexibility index (Phi) is 5.35. The first-order chi connectivity index (χ1) is 12.2. The Bertz CT molecular complexity index is 810. The van der Waals surface area contributed by atoms with Crippen LogP contribution in [-0.2, 0) is 4.79 Å². The highest BCUT2D eigenvalue weighted by Gasteiger charge is 2.21. The van der Waals surface area contributed by atoms with Crippen LogP contribution in [0.4, 0.5) is 5.82 Å². The average molecular weight is 338 g/mol. The van der Waals surface area contributed by atoms with E-state index in [4.69, 9.17) is 5.53 Å². The van der Waals surface area contributed by atoms with Crippen molar-refractivity contribution in [2.45, 2.75) is 12.8 Å². The Labute approximate surface area is 146 Å². The minimum atomic E-state index is 0.0291. The predicted molar refractivity (Wildman–Crippen MR) is 98.2 cm³/mol. The van der Waals surface area contributed by atoms with E-state index in [0.717, 1.165) is 42.3 Å². The number of carbonyl (C=O) groups excluding carboxylic acids is 1. The summed E-state index contributed by atoms with van der Waals surface area (Å²) in [6.45, 7) is 1.76. The van der Waals surface area contributed by atoms with E-state index in [9.17, 15) is 4.79 Å². The van der Waals surface area contributed by atoms with Crippen LogP contribution in [0.15, 0.2) is 41.8 Å². The first-order valence-electron chi connectivity index (χ1n) is 8.38. The molecule has 0 unspecified atom stereocenters. The molecule has 25 heavy (non-hydrogen) atoms. The van der Waals surface area contributed by atoms with E-state index in [1.807, 2.05) is 24.3 Å². The third-order valence-corrected chi connectivity index (χ3v) is 4.38. The monoisotopic (exact) mass is 338 g/mol. The van der Waals surface area contributed by atoms with Gasteiger partial charge in [0.25, 0.3) is 0 Å². The van der Waals surface area contributed by atoms with E-state index in [0.29, 0.717) is 11.5 Å². The van der Waals surface area contributed by atoms with Gasteiger partial charge in [-0.25, -0.2) is 10.5 Å². The molecule has 7 heteroatoms. The van der Waals surface area contributed by atoms with Crippen LogP contribution in [0.1, 0.15) is 18.4 Å². The Morgan fingerprint density at radius 3 is 2.84 bits per heavy atom. The summed E-state index contributed by atoms with van der Waals surface area (Å²) in [5.74, 6) is 0.619. The molecule has 4 N–H and O–H groups in total. The summed E-state index contributed by atoms with van der Waals surface area (Å²) in [7, 11) is 1.77. The molecule has 1 fully saturated rings. The molecule has 0 saturated carbocycles. The zero-order valence-electron chi connectivity index (χ0n) is 14.2. The van der Waals surface area contributed by atoms with Gasteiger partial charge in [-0.3, -0.25) is 4.79 Å². The smallest absolute Gasteiger partial charge is 0.228 e. The molecule has 130 valence electrons.